The lowest BCUT2D eigenvalue weighted by molar-refractivity contribution is -0.137. The molecule has 1 saturated heterocycles. The van der Waals surface area contributed by atoms with Gasteiger partial charge >= 0.3 is 0 Å². The van der Waals surface area contributed by atoms with E-state index in [1.807, 2.05) is 41.3 Å². The number of aromatic nitrogens is 4. The number of likely N-dealkylation sites (tertiary alicyclic amines) is 1. The lowest BCUT2D eigenvalue weighted by Crippen LogP contribution is -2.43. The van der Waals surface area contributed by atoms with E-state index in [0.717, 1.165) is 25.9 Å². The number of hydrogen-bond donors (Lipinski definition) is 0. The third-order valence-corrected chi connectivity index (χ3v) is 4.10. The van der Waals surface area contributed by atoms with Crippen LogP contribution in [0, 0.1) is 5.92 Å². The van der Waals surface area contributed by atoms with E-state index in [1.165, 1.54) is 0 Å². The molecule has 21 heavy (non-hydrogen) atoms. The molecule has 1 aliphatic rings. The van der Waals surface area contributed by atoms with Crippen molar-refractivity contribution in [3.63, 3.8) is 0 Å². The molecule has 6 heteroatoms. The Morgan fingerprint density at radius 2 is 2.29 bits per heavy atom. The van der Waals surface area contributed by atoms with Gasteiger partial charge in [-0.2, -0.15) is 5.10 Å². The number of amides is 1. The molecule has 0 spiro atoms. The van der Waals surface area contributed by atoms with Gasteiger partial charge in [-0.15, -0.1) is 0 Å². The van der Waals surface area contributed by atoms with Crippen LogP contribution in [0.1, 0.15) is 25.8 Å². The second-order valence-corrected chi connectivity index (χ2v) is 5.72. The third kappa shape index (κ3) is 3.15. The smallest absolute Gasteiger partial charge is 0.227 e. The standard InChI is InChI=1S/C15H21N5O/c1-13(10-20-8-3-5-17-20)15(21)18-7-2-4-14(11-18)19-9-6-16-12-19/h3,5-6,8-9,12-14H,2,4,7,10-11H2,1H3/t13-,14+/m1/s1. The highest BCUT2D eigenvalue weighted by atomic mass is 16.2. The highest BCUT2D eigenvalue weighted by Gasteiger charge is 2.27. The normalized spacial score (nSPS) is 20.4. The molecule has 0 bridgehead atoms. The summed E-state index contributed by atoms with van der Waals surface area (Å²) in [5, 5.41) is 4.17. The largest absolute Gasteiger partial charge is 0.340 e. The second-order valence-electron chi connectivity index (χ2n) is 5.72. The van der Waals surface area contributed by atoms with Crippen LogP contribution in [0.3, 0.4) is 0 Å². The summed E-state index contributed by atoms with van der Waals surface area (Å²) in [5.74, 6) is 0.168. The topological polar surface area (TPSA) is 56.0 Å². The Balaban J connectivity index is 1.61. The summed E-state index contributed by atoms with van der Waals surface area (Å²) in [7, 11) is 0. The zero-order chi connectivity index (χ0) is 14.7. The monoisotopic (exact) mass is 287 g/mol. The van der Waals surface area contributed by atoms with E-state index in [2.05, 4.69) is 14.6 Å². The van der Waals surface area contributed by atoms with E-state index in [0.29, 0.717) is 12.6 Å². The lowest BCUT2D eigenvalue weighted by atomic mass is 10.0. The zero-order valence-corrected chi connectivity index (χ0v) is 12.3. The van der Waals surface area contributed by atoms with E-state index in [-0.39, 0.29) is 11.8 Å². The van der Waals surface area contributed by atoms with Crippen molar-refractivity contribution in [1.82, 2.24) is 24.2 Å². The summed E-state index contributed by atoms with van der Waals surface area (Å²) < 4.78 is 3.93. The van der Waals surface area contributed by atoms with E-state index in [1.54, 1.807) is 12.4 Å². The van der Waals surface area contributed by atoms with Crippen LogP contribution in [-0.4, -0.2) is 43.2 Å². The summed E-state index contributed by atoms with van der Waals surface area (Å²) in [5.41, 5.74) is 0. The van der Waals surface area contributed by atoms with Crippen molar-refractivity contribution in [3.8, 4) is 0 Å². The van der Waals surface area contributed by atoms with Crippen molar-refractivity contribution in [2.24, 2.45) is 5.92 Å². The van der Waals surface area contributed by atoms with Crippen LogP contribution in [0.4, 0.5) is 0 Å². The molecule has 1 aliphatic heterocycles. The molecule has 2 aromatic heterocycles. The minimum Gasteiger partial charge on any atom is -0.340 e. The highest BCUT2D eigenvalue weighted by molar-refractivity contribution is 5.78. The summed E-state index contributed by atoms with van der Waals surface area (Å²) in [4.78, 5) is 18.7. The van der Waals surface area contributed by atoms with Crippen LogP contribution >= 0.6 is 0 Å². The molecule has 0 radical (unpaired) electrons. The Morgan fingerprint density at radius 1 is 1.38 bits per heavy atom. The molecule has 6 nitrogen and oxygen atoms in total. The number of hydrogen-bond acceptors (Lipinski definition) is 3. The zero-order valence-electron chi connectivity index (χ0n) is 12.3. The summed E-state index contributed by atoms with van der Waals surface area (Å²) in [6.07, 6.45) is 11.4. The molecular formula is C15H21N5O. The van der Waals surface area contributed by atoms with E-state index in [4.69, 9.17) is 0 Å². The van der Waals surface area contributed by atoms with Crippen molar-refractivity contribution in [2.45, 2.75) is 32.4 Å². The van der Waals surface area contributed by atoms with Crippen LogP contribution in [0.25, 0.3) is 0 Å². The van der Waals surface area contributed by atoms with Gasteiger partial charge in [-0.25, -0.2) is 4.98 Å². The third-order valence-electron chi connectivity index (χ3n) is 4.10. The first kappa shape index (κ1) is 13.9. The van der Waals surface area contributed by atoms with Crippen LogP contribution in [-0.2, 0) is 11.3 Å². The molecule has 2 atom stereocenters. The average Bonchev–Trinajstić information content (AvgIpc) is 3.20. The summed E-state index contributed by atoms with van der Waals surface area (Å²) in [6, 6.07) is 2.23. The predicted molar refractivity (Wildman–Crippen MR) is 78.5 cm³/mol. The van der Waals surface area contributed by atoms with Gasteiger partial charge in [0.15, 0.2) is 0 Å². The van der Waals surface area contributed by atoms with Gasteiger partial charge in [0, 0.05) is 37.9 Å². The number of imidazole rings is 1. The summed E-state index contributed by atoms with van der Waals surface area (Å²) in [6.45, 7) is 4.25. The maximum absolute atomic E-state index is 12.6. The molecule has 1 amide bonds. The first-order valence-corrected chi connectivity index (χ1v) is 7.47. The Morgan fingerprint density at radius 3 is 3.00 bits per heavy atom. The predicted octanol–water partition coefficient (Wildman–Crippen LogP) is 1.58. The molecule has 0 unspecified atom stereocenters. The van der Waals surface area contributed by atoms with Crippen LogP contribution < -0.4 is 0 Å². The molecule has 1 fully saturated rings. The molecule has 0 aliphatic carbocycles. The molecular weight excluding hydrogens is 266 g/mol. The van der Waals surface area contributed by atoms with Gasteiger partial charge in [0.25, 0.3) is 0 Å². The van der Waals surface area contributed by atoms with Gasteiger partial charge < -0.3 is 9.47 Å². The number of carbonyl (C=O) groups is 1. The van der Waals surface area contributed by atoms with Crippen molar-refractivity contribution >= 4 is 5.91 Å². The molecule has 112 valence electrons. The van der Waals surface area contributed by atoms with E-state index >= 15 is 0 Å². The highest BCUT2D eigenvalue weighted by Crippen LogP contribution is 2.22. The minimum absolute atomic E-state index is 0.0496. The molecule has 2 aromatic rings. The molecule has 0 N–H and O–H groups in total. The quantitative estimate of drug-likeness (QED) is 0.858. The van der Waals surface area contributed by atoms with E-state index < -0.39 is 0 Å². The van der Waals surface area contributed by atoms with Crippen molar-refractivity contribution < 1.29 is 4.79 Å². The van der Waals surface area contributed by atoms with Crippen molar-refractivity contribution in [3.05, 3.63) is 37.2 Å². The fourth-order valence-electron chi connectivity index (χ4n) is 2.96. The fraction of sp³-hybridized carbons (Fsp3) is 0.533. The summed E-state index contributed by atoms with van der Waals surface area (Å²) >= 11 is 0. The van der Waals surface area contributed by atoms with Crippen molar-refractivity contribution in [2.75, 3.05) is 13.1 Å². The number of rotatable bonds is 4. The van der Waals surface area contributed by atoms with E-state index in [9.17, 15) is 4.79 Å². The van der Waals surface area contributed by atoms with Gasteiger partial charge in [0.2, 0.25) is 5.91 Å². The molecule has 0 aromatic carbocycles. The Kier molecular flexibility index (Phi) is 4.03. The second kappa shape index (κ2) is 6.11. The van der Waals surface area contributed by atoms with Crippen molar-refractivity contribution in [1.29, 1.82) is 0 Å². The van der Waals surface area contributed by atoms with Crippen LogP contribution in [0.2, 0.25) is 0 Å². The molecule has 0 saturated carbocycles. The molecule has 3 rings (SSSR count). The van der Waals surface area contributed by atoms with Gasteiger partial charge in [-0.1, -0.05) is 6.92 Å². The number of nitrogens with zero attached hydrogens (tertiary/aromatic N) is 5. The van der Waals surface area contributed by atoms with Gasteiger partial charge in [-0.05, 0) is 18.9 Å². The maximum Gasteiger partial charge on any atom is 0.227 e. The van der Waals surface area contributed by atoms with Gasteiger partial charge in [0.05, 0.1) is 24.8 Å². The number of piperidine rings is 1. The Hall–Kier alpha value is -2.11. The van der Waals surface area contributed by atoms with Crippen LogP contribution in [0.5, 0.6) is 0 Å². The fourth-order valence-corrected chi connectivity index (χ4v) is 2.96. The van der Waals surface area contributed by atoms with Gasteiger partial charge in [-0.3, -0.25) is 9.48 Å². The lowest BCUT2D eigenvalue weighted by Gasteiger charge is -2.34. The first-order valence-electron chi connectivity index (χ1n) is 7.47. The molecule has 3 heterocycles. The first-order chi connectivity index (χ1) is 10.2. The number of carbonyl (C=O) groups excluding carboxylic acids is 1. The minimum atomic E-state index is -0.0496. The Labute approximate surface area is 124 Å². The van der Waals surface area contributed by atoms with Crippen LogP contribution in [0.15, 0.2) is 37.2 Å². The average molecular weight is 287 g/mol. The SMILES string of the molecule is C[C@H](Cn1cccn1)C(=O)N1CCC[C@H](n2ccnc2)C1. The maximum atomic E-state index is 12.6. The van der Waals surface area contributed by atoms with Gasteiger partial charge in [0.1, 0.15) is 0 Å². The Bertz CT molecular complexity index is 563.